The SMILES string of the molecule is O=C(NCC(F)(F)F)c1ccc(S(=O)(=O)Nc2cccc(C(F)(F)F)c2)cc1. The fourth-order valence-corrected chi connectivity index (χ4v) is 3.09. The Balaban J connectivity index is 2.15. The van der Waals surface area contributed by atoms with E-state index in [1.165, 1.54) is 0 Å². The van der Waals surface area contributed by atoms with E-state index < -0.39 is 45.3 Å². The first kappa shape index (κ1) is 21.5. The molecule has 0 heterocycles. The average molecular weight is 426 g/mol. The van der Waals surface area contributed by atoms with Gasteiger partial charge in [-0.05, 0) is 42.5 Å². The van der Waals surface area contributed by atoms with Gasteiger partial charge in [0.2, 0.25) is 0 Å². The van der Waals surface area contributed by atoms with E-state index in [1.807, 2.05) is 4.72 Å². The second kappa shape index (κ2) is 7.70. The predicted octanol–water partition coefficient (Wildman–Crippen LogP) is 3.80. The largest absolute Gasteiger partial charge is 0.416 e. The van der Waals surface area contributed by atoms with Crippen LogP contribution in [0.1, 0.15) is 15.9 Å². The quantitative estimate of drug-likeness (QED) is 0.715. The fourth-order valence-electron chi connectivity index (χ4n) is 2.04. The molecule has 152 valence electrons. The van der Waals surface area contributed by atoms with Crippen molar-refractivity contribution in [1.29, 1.82) is 0 Å². The maximum absolute atomic E-state index is 12.7. The minimum Gasteiger partial charge on any atom is -0.343 e. The molecule has 0 saturated carbocycles. The number of hydrogen-bond donors (Lipinski definition) is 2. The van der Waals surface area contributed by atoms with Crippen molar-refractivity contribution >= 4 is 21.6 Å². The van der Waals surface area contributed by atoms with Crippen LogP contribution in [0, 0.1) is 0 Å². The van der Waals surface area contributed by atoms with E-state index >= 15 is 0 Å². The Hall–Kier alpha value is -2.76. The number of anilines is 1. The van der Waals surface area contributed by atoms with E-state index in [1.54, 1.807) is 5.32 Å². The first-order chi connectivity index (χ1) is 12.8. The molecule has 0 spiro atoms. The summed E-state index contributed by atoms with van der Waals surface area (Å²) in [4.78, 5) is 11.2. The monoisotopic (exact) mass is 426 g/mol. The molecule has 0 atom stereocenters. The van der Waals surface area contributed by atoms with Crippen molar-refractivity contribution in [3.63, 3.8) is 0 Å². The molecule has 0 bridgehead atoms. The van der Waals surface area contributed by atoms with Gasteiger partial charge in [-0.2, -0.15) is 26.3 Å². The lowest BCUT2D eigenvalue weighted by atomic mass is 10.2. The highest BCUT2D eigenvalue weighted by Crippen LogP contribution is 2.31. The summed E-state index contributed by atoms with van der Waals surface area (Å²) < 4.78 is 101. The number of alkyl halides is 6. The van der Waals surface area contributed by atoms with Crippen LogP contribution in [0.3, 0.4) is 0 Å². The molecule has 0 aliphatic carbocycles. The smallest absolute Gasteiger partial charge is 0.343 e. The zero-order valence-electron chi connectivity index (χ0n) is 13.7. The number of amides is 1. The summed E-state index contributed by atoms with van der Waals surface area (Å²) in [5.74, 6) is -1.06. The Morgan fingerprint density at radius 1 is 0.929 bits per heavy atom. The highest BCUT2D eigenvalue weighted by Gasteiger charge is 2.31. The maximum Gasteiger partial charge on any atom is 0.416 e. The zero-order valence-corrected chi connectivity index (χ0v) is 14.5. The number of benzene rings is 2. The van der Waals surface area contributed by atoms with Crippen LogP contribution >= 0.6 is 0 Å². The van der Waals surface area contributed by atoms with E-state index in [-0.39, 0.29) is 11.3 Å². The van der Waals surface area contributed by atoms with E-state index in [2.05, 4.69) is 0 Å². The van der Waals surface area contributed by atoms with Crippen LogP contribution in [0.25, 0.3) is 0 Å². The van der Waals surface area contributed by atoms with Crippen LogP contribution in [-0.4, -0.2) is 27.0 Å². The minimum absolute atomic E-state index is 0.220. The van der Waals surface area contributed by atoms with Gasteiger partial charge in [0.15, 0.2) is 0 Å². The lowest BCUT2D eigenvalue weighted by Gasteiger charge is -2.12. The van der Waals surface area contributed by atoms with Crippen molar-refractivity contribution in [2.24, 2.45) is 0 Å². The first-order valence-electron chi connectivity index (χ1n) is 7.43. The number of carbonyl (C=O) groups is 1. The van der Waals surface area contributed by atoms with E-state index in [9.17, 15) is 39.6 Å². The first-order valence-corrected chi connectivity index (χ1v) is 8.91. The molecule has 0 unspecified atom stereocenters. The fraction of sp³-hybridized carbons (Fsp3) is 0.188. The minimum atomic E-state index is -4.66. The number of carbonyl (C=O) groups excluding carboxylic acids is 1. The number of nitrogens with one attached hydrogen (secondary N) is 2. The molecule has 0 saturated heterocycles. The Kier molecular flexibility index (Phi) is 5.92. The molecule has 0 aromatic heterocycles. The molecule has 0 aliphatic heterocycles. The molecule has 2 N–H and O–H groups in total. The lowest BCUT2D eigenvalue weighted by Crippen LogP contribution is -2.33. The maximum atomic E-state index is 12.7. The summed E-state index contributed by atoms with van der Waals surface area (Å²) >= 11 is 0. The van der Waals surface area contributed by atoms with E-state index in [0.29, 0.717) is 6.07 Å². The van der Waals surface area contributed by atoms with Crippen molar-refractivity contribution in [1.82, 2.24) is 5.32 Å². The summed E-state index contributed by atoms with van der Waals surface area (Å²) in [6, 6.07) is 7.36. The van der Waals surface area contributed by atoms with Gasteiger partial charge in [0.25, 0.3) is 15.9 Å². The van der Waals surface area contributed by atoms with E-state index in [0.717, 1.165) is 42.5 Å². The van der Waals surface area contributed by atoms with Crippen LogP contribution in [0.15, 0.2) is 53.4 Å². The van der Waals surface area contributed by atoms with E-state index in [4.69, 9.17) is 0 Å². The summed E-state index contributed by atoms with van der Waals surface area (Å²) in [7, 11) is -4.28. The molecule has 0 radical (unpaired) electrons. The Morgan fingerprint density at radius 2 is 1.54 bits per heavy atom. The van der Waals surface area contributed by atoms with Gasteiger partial charge >= 0.3 is 12.4 Å². The third-order valence-electron chi connectivity index (χ3n) is 3.32. The molecular weight excluding hydrogens is 414 g/mol. The number of hydrogen-bond acceptors (Lipinski definition) is 3. The molecule has 0 fully saturated rings. The Morgan fingerprint density at radius 3 is 2.07 bits per heavy atom. The summed E-state index contributed by atoms with van der Waals surface area (Å²) in [5.41, 5.74) is -1.60. The van der Waals surface area contributed by atoms with Gasteiger partial charge in [-0.15, -0.1) is 0 Å². The van der Waals surface area contributed by atoms with Crippen LogP contribution in [0.5, 0.6) is 0 Å². The van der Waals surface area contributed by atoms with Gasteiger partial charge in [0.05, 0.1) is 10.5 Å². The molecule has 5 nitrogen and oxygen atoms in total. The second-order valence-electron chi connectivity index (χ2n) is 5.51. The van der Waals surface area contributed by atoms with Gasteiger partial charge in [0, 0.05) is 11.3 Å². The third-order valence-corrected chi connectivity index (χ3v) is 4.72. The Labute approximate surface area is 155 Å². The molecule has 1 amide bonds. The van der Waals surface area contributed by atoms with Gasteiger partial charge < -0.3 is 5.32 Å². The number of halogens is 6. The summed E-state index contributed by atoms with van der Waals surface area (Å²) in [6.07, 6.45) is -9.26. The molecule has 2 rings (SSSR count). The lowest BCUT2D eigenvalue weighted by molar-refractivity contribution is -0.137. The van der Waals surface area contributed by atoms with Crippen LogP contribution in [0.4, 0.5) is 32.0 Å². The third kappa shape index (κ3) is 5.87. The van der Waals surface area contributed by atoms with Crippen LogP contribution < -0.4 is 10.0 Å². The van der Waals surface area contributed by atoms with Crippen LogP contribution in [-0.2, 0) is 16.2 Å². The predicted molar refractivity (Wildman–Crippen MR) is 87.1 cm³/mol. The van der Waals surface area contributed by atoms with Crippen molar-refractivity contribution < 1.29 is 39.6 Å². The van der Waals surface area contributed by atoms with Gasteiger partial charge in [-0.3, -0.25) is 9.52 Å². The second-order valence-corrected chi connectivity index (χ2v) is 7.19. The van der Waals surface area contributed by atoms with Gasteiger partial charge in [-0.25, -0.2) is 8.42 Å². The molecule has 28 heavy (non-hydrogen) atoms. The molecule has 2 aromatic rings. The van der Waals surface area contributed by atoms with Crippen LogP contribution in [0.2, 0.25) is 0 Å². The molecular formula is C16H12F6N2O3S. The summed E-state index contributed by atoms with van der Waals surface area (Å²) in [5, 5.41) is 1.62. The standard InChI is InChI=1S/C16H12F6N2O3S/c17-15(18,19)9-23-14(25)10-4-6-13(7-5-10)28(26,27)24-12-3-1-2-11(8-12)16(20,21)22/h1-8,24H,9H2,(H,23,25). The normalized spacial score (nSPS) is 12.5. The van der Waals surface area contributed by atoms with Crippen molar-refractivity contribution in [2.45, 2.75) is 17.2 Å². The zero-order chi connectivity index (χ0) is 21.2. The molecule has 12 heteroatoms. The highest BCUT2D eigenvalue weighted by molar-refractivity contribution is 7.92. The highest BCUT2D eigenvalue weighted by atomic mass is 32.2. The topological polar surface area (TPSA) is 75.3 Å². The van der Waals surface area contributed by atoms with Gasteiger partial charge in [-0.1, -0.05) is 6.07 Å². The number of rotatable bonds is 5. The Bertz CT molecular complexity index is 954. The number of sulfonamides is 1. The summed E-state index contributed by atoms with van der Waals surface area (Å²) in [6.45, 7) is -1.55. The van der Waals surface area contributed by atoms with Crippen molar-refractivity contribution in [3.05, 3.63) is 59.7 Å². The molecule has 0 aliphatic rings. The molecule has 2 aromatic carbocycles. The average Bonchev–Trinajstić information content (AvgIpc) is 2.58. The van der Waals surface area contributed by atoms with Crippen molar-refractivity contribution in [2.75, 3.05) is 11.3 Å². The van der Waals surface area contributed by atoms with Crippen molar-refractivity contribution in [3.8, 4) is 0 Å². The van der Waals surface area contributed by atoms with Gasteiger partial charge in [0.1, 0.15) is 6.54 Å².